The van der Waals surface area contributed by atoms with Crippen LogP contribution in [0.4, 0.5) is 0 Å². The molecule has 7 N–H and O–H groups in total. The van der Waals surface area contributed by atoms with Gasteiger partial charge in [-0.05, 0) is 19.3 Å². The highest BCUT2D eigenvalue weighted by atomic mass is 16.7. The Morgan fingerprint density at radius 1 is 0.654 bits per heavy atom. The summed E-state index contributed by atoms with van der Waals surface area (Å²) in [5, 5.41) is 64.5. The smallest absolute Gasteiger partial charge is 0.249 e. The first-order valence-electron chi connectivity index (χ1n) is 21.5. The fourth-order valence-electron chi connectivity index (χ4n) is 6.87. The van der Waals surface area contributed by atoms with Crippen LogP contribution in [-0.4, -0.2) is 98.7 Å². The standard InChI is InChI=1S/C42H81NO9/c1-3-5-7-9-11-13-15-17-19-21-23-25-27-29-31-36(46)41(50)43-34(33-51-42-40(49)39(48)38(47)37(32-44)52-42)35(45)30-28-26-24-22-20-18-16-14-12-10-8-6-4-2/h28,30,34-40,42,44-49H,3-27,29,31-33H2,1-2H3,(H,43,50)/b30-28+/t34-,35+,36+,37+,38-,39-,40+,42+/m0/s1. The predicted octanol–water partition coefficient (Wildman–Crippen LogP) is 7.14. The predicted molar refractivity (Wildman–Crippen MR) is 209 cm³/mol. The number of aliphatic hydroxyl groups is 6. The van der Waals surface area contributed by atoms with Gasteiger partial charge in [-0.25, -0.2) is 0 Å². The van der Waals surface area contributed by atoms with Gasteiger partial charge >= 0.3 is 0 Å². The van der Waals surface area contributed by atoms with Crippen LogP contribution in [-0.2, 0) is 14.3 Å². The van der Waals surface area contributed by atoms with Gasteiger partial charge in [0.25, 0.3) is 0 Å². The Morgan fingerprint density at radius 3 is 1.56 bits per heavy atom. The zero-order valence-corrected chi connectivity index (χ0v) is 33.2. The summed E-state index contributed by atoms with van der Waals surface area (Å²) in [6, 6.07) is -0.973. The number of hydrogen-bond acceptors (Lipinski definition) is 9. The molecule has 52 heavy (non-hydrogen) atoms. The molecule has 0 bridgehead atoms. The summed E-state index contributed by atoms with van der Waals surface area (Å²) in [7, 11) is 0. The zero-order valence-electron chi connectivity index (χ0n) is 33.2. The van der Waals surface area contributed by atoms with E-state index in [-0.39, 0.29) is 6.61 Å². The number of unbranched alkanes of at least 4 members (excludes halogenated alkanes) is 24. The third-order valence-corrected chi connectivity index (χ3v) is 10.5. The lowest BCUT2D eigenvalue weighted by atomic mass is 9.99. The Balaban J connectivity index is 2.46. The molecule has 8 atom stereocenters. The second-order valence-electron chi connectivity index (χ2n) is 15.3. The lowest BCUT2D eigenvalue weighted by Gasteiger charge is -2.40. The van der Waals surface area contributed by atoms with E-state index in [1.165, 1.54) is 122 Å². The molecular formula is C42H81NO9. The van der Waals surface area contributed by atoms with Gasteiger partial charge in [0.15, 0.2) is 6.29 Å². The van der Waals surface area contributed by atoms with Gasteiger partial charge in [0, 0.05) is 0 Å². The monoisotopic (exact) mass is 744 g/mol. The van der Waals surface area contributed by atoms with Crippen molar-refractivity contribution >= 4 is 5.91 Å². The highest BCUT2D eigenvalue weighted by molar-refractivity contribution is 5.80. The topological polar surface area (TPSA) is 169 Å². The molecular weight excluding hydrogens is 662 g/mol. The van der Waals surface area contributed by atoms with E-state index >= 15 is 0 Å². The van der Waals surface area contributed by atoms with Crippen molar-refractivity contribution in [2.75, 3.05) is 13.2 Å². The molecule has 0 aromatic heterocycles. The van der Waals surface area contributed by atoms with E-state index < -0.39 is 61.5 Å². The third-order valence-electron chi connectivity index (χ3n) is 10.5. The highest BCUT2D eigenvalue weighted by Gasteiger charge is 2.44. The minimum Gasteiger partial charge on any atom is -0.394 e. The van der Waals surface area contributed by atoms with Crippen LogP contribution in [0.1, 0.15) is 187 Å². The van der Waals surface area contributed by atoms with E-state index in [0.717, 1.165) is 44.9 Å². The van der Waals surface area contributed by atoms with Crippen molar-refractivity contribution in [2.45, 2.75) is 236 Å². The molecule has 10 nitrogen and oxygen atoms in total. The van der Waals surface area contributed by atoms with Crippen LogP contribution >= 0.6 is 0 Å². The van der Waals surface area contributed by atoms with Crippen LogP contribution in [0.3, 0.4) is 0 Å². The highest BCUT2D eigenvalue weighted by Crippen LogP contribution is 2.23. The van der Waals surface area contributed by atoms with Gasteiger partial charge in [-0.3, -0.25) is 4.79 Å². The van der Waals surface area contributed by atoms with Gasteiger partial charge in [-0.15, -0.1) is 0 Å². The van der Waals surface area contributed by atoms with Gasteiger partial charge in [0.1, 0.15) is 30.5 Å². The summed E-state index contributed by atoms with van der Waals surface area (Å²) in [6.45, 7) is 3.59. The number of amides is 1. The van der Waals surface area contributed by atoms with Gasteiger partial charge in [0.05, 0.1) is 25.4 Å². The fourth-order valence-corrected chi connectivity index (χ4v) is 6.87. The van der Waals surface area contributed by atoms with Crippen LogP contribution < -0.4 is 5.32 Å². The second kappa shape index (κ2) is 33.2. The first kappa shape index (κ1) is 48.9. The van der Waals surface area contributed by atoms with Crippen LogP contribution in [0.5, 0.6) is 0 Å². The Bertz CT molecular complexity index is 844. The maximum atomic E-state index is 13.0. The maximum absolute atomic E-state index is 13.0. The van der Waals surface area contributed by atoms with Crippen LogP contribution in [0.25, 0.3) is 0 Å². The minimum absolute atomic E-state index is 0.302. The van der Waals surface area contributed by atoms with Crippen LogP contribution in [0, 0.1) is 0 Å². The van der Waals surface area contributed by atoms with Crippen molar-refractivity contribution < 1.29 is 44.9 Å². The summed E-state index contributed by atoms with van der Waals surface area (Å²) in [5.41, 5.74) is 0. The molecule has 1 heterocycles. The van der Waals surface area contributed by atoms with Crippen LogP contribution in [0.15, 0.2) is 12.2 Å². The van der Waals surface area contributed by atoms with Crippen molar-refractivity contribution in [3.8, 4) is 0 Å². The van der Waals surface area contributed by atoms with Gasteiger partial charge in [-0.2, -0.15) is 0 Å². The number of carbonyl (C=O) groups excluding carboxylic acids is 1. The summed E-state index contributed by atoms with van der Waals surface area (Å²) in [5.74, 6) is -0.616. The molecule has 0 radical (unpaired) electrons. The van der Waals surface area contributed by atoms with E-state index in [4.69, 9.17) is 9.47 Å². The number of carbonyl (C=O) groups is 1. The lowest BCUT2D eigenvalue weighted by Crippen LogP contribution is -2.60. The van der Waals surface area contributed by atoms with E-state index in [9.17, 15) is 35.4 Å². The zero-order chi connectivity index (χ0) is 38.2. The molecule has 0 aliphatic carbocycles. The number of rotatable bonds is 35. The van der Waals surface area contributed by atoms with Crippen LogP contribution in [0.2, 0.25) is 0 Å². The molecule has 308 valence electrons. The first-order chi connectivity index (χ1) is 25.3. The van der Waals surface area contributed by atoms with Gasteiger partial charge in [-0.1, -0.05) is 180 Å². The number of aliphatic hydroxyl groups excluding tert-OH is 6. The summed E-state index contributed by atoms with van der Waals surface area (Å²) < 4.78 is 11.1. The first-order valence-corrected chi connectivity index (χ1v) is 21.5. The average Bonchev–Trinajstić information content (AvgIpc) is 3.14. The SMILES string of the molecule is CCCCCCCCCCCCC/C=C/[C@@H](O)[C@H](CO[C@@H]1O[C@H](CO)[C@H](O)[C@H](O)[C@H]1O)NC(=O)[C@H](O)CCCCCCCCCCCCCCCC. The molecule has 0 aromatic carbocycles. The van der Waals surface area contributed by atoms with Crippen molar-refractivity contribution in [3.05, 3.63) is 12.2 Å². The van der Waals surface area contributed by atoms with Gasteiger partial charge < -0.3 is 45.4 Å². The molecule has 0 saturated carbocycles. The molecule has 1 aliphatic heterocycles. The molecule has 1 aliphatic rings. The average molecular weight is 744 g/mol. The number of allylic oxidation sites excluding steroid dienone is 1. The van der Waals surface area contributed by atoms with Crippen molar-refractivity contribution in [2.24, 2.45) is 0 Å². The maximum Gasteiger partial charge on any atom is 0.249 e. The Kier molecular flexibility index (Phi) is 31.3. The van der Waals surface area contributed by atoms with E-state index in [0.29, 0.717) is 6.42 Å². The van der Waals surface area contributed by atoms with Crippen molar-refractivity contribution in [3.63, 3.8) is 0 Å². The van der Waals surface area contributed by atoms with Crippen molar-refractivity contribution in [1.82, 2.24) is 5.32 Å². The van der Waals surface area contributed by atoms with Gasteiger partial charge in [0.2, 0.25) is 5.91 Å². The molecule has 10 heteroatoms. The second-order valence-corrected chi connectivity index (χ2v) is 15.3. The Morgan fingerprint density at radius 2 is 1.10 bits per heavy atom. The lowest BCUT2D eigenvalue weighted by molar-refractivity contribution is -0.302. The Labute approximate surface area is 317 Å². The molecule has 1 amide bonds. The fraction of sp³-hybridized carbons (Fsp3) is 0.929. The molecule has 0 spiro atoms. The van der Waals surface area contributed by atoms with E-state index in [2.05, 4.69) is 19.2 Å². The van der Waals surface area contributed by atoms with E-state index in [1.54, 1.807) is 6.08 Å². The third kappa shape index (κ3) is 23.6. The molecule has 1 rings (SSSR count). The summed E-state index contributed by atoms with van der Waals surface area (Å²) >= 11 is 0. The molecule has 1 fully saturated rings. The normalized spacial score (nSPS) is 22.5. The number of nitrogens with one attached hydrogen (secondary N) is 1. The molecule has 1 saturated heterocycles. The molecule has 0 aromatic rings. The quantitative estimate of drug-likeness (QED) is 0.0264. The molecule has 0 unspecified atom stereocenters. The minimum atomic E-state index is -1.61. The van der Waals surface area contributed by atoms with E-state index in [1.807, 2.05) is 6.08 Å². The largest absolute Gasteiger partial charge is 0.394 e. The van der Waals surface area contributed by atoms with Crippen molar-refractivity contribution in [1.29, 1.82) is 0 Å². The summed E-state index contributed by atoms with van der Waals surface area (Å²) in [4.78, 5) is 13.0. The number of hydrogen-bond donors (Lipinski definition) is 7. The Hall–Kier alpha value is -1.11. The number of ether oxygens (including phenoxy) is 2. The summed E-state index contributed by atoms with van der Waals surface area (Å²) in [6.07, 6.45) is 25.8.